The highest BCUT2D eigenvalue weighted by atomic mass is 32.1. The molecule has 0 aliphatic heterocycles. The van der Waals surface area contributed by atoms with Gasteiger partial charge in [0.25, 0.3) is 0 Å². The number of hydrogen-bond acceptors (Lipinski definition) is 2. The van der Waals surface area contributed by atoms with Crippen LogP contribution < -0.4 is 5.32 Å². The maximum absolute atomic E-state index is 3.49. The quantitative estimate of drug-likeness (QED) is 0.844. The largest absolute Gasteiger partial charge is 0.310 e. The highest BCUT2D eigenvalue weighted by Gasteiger charge is 2.08. The van der Waals surface area contributed by atoms with E-state index < -0.39 is 0 Å². The third-order valence-corrected chi connectivity index (χ3v) is 4.13. The van der Waals surface area contributed by atoms with E-state index >= 15 is 0 Å². The molecule has 0 spiro atoms. The Morgan fingerprint density at radius 3 is 2.69 bits per heavy atom. The molecule has 0 saturated heterocycles. The SMILES string of the molecule is Cc1ccc2sc(CNC(C)C)c(C)c2c1. The maximum atomic E-state index is 3.49. The van der Waals surface area contributed by atoms with Crippen LogP contribution in [0.3, 0.4) is 0 Å². The van der Waals surface area contributed by atoms with Crippen molar-refractivity contribution in [3.8, 4) is 0 Å². The molecular weight excluding hydrogens is 214 g/mol. The van der Waals surface area contributed by atoms with Crippen LogP contribution in [-0.4, -0.2) is 6.04 Å². The lowest BCUT2D eigenvalue weighted by molar-refractivity contribution is 0.592. The van der Waals surface area contributed by atoms with Gasteiger partial charge in [-0.25, -0.2) is 0 Å². The fourth-order valence-electron chi connectivity index (χ4n) is 1.85. The van der Waals surface area contributed by atoms with Crippen molar-refractivity contribution in [1.29, 1.82) is 0 Å². The Kier molecular flexibility index (Phi) is 3.31. The smallest absolute Gasteiger partial charge is 0.0349 e. The van der Waals surface area contributed by atoms with Gasteiger partial charge < -0.3 is 5.32 Å². The first kappa shape index (κ1) is 11.6. The Hall–Kier alpha value is -0.860. The molecule has 16 heavy (non-hydrogen) atoms. The van der Waals surface area contributed by atoms with Gasteiger partial charge >= 0.3 is 0 Å². The predicted octanol–water partition coefficient (Wildman–Crippen LogP) is 4.02. The van der Waals surface area contributed by atoms with Crippen LogP contribution in [0.1, 0.15) is 29.9 Å². The lowest BCUT2D eigenvalue weighted by Crippen LogP contribution is -2.21. The zero-order valence-electron chi connectivity index (χ0n) is 10.4. The molecule has 0 radical (unpaired) electrons. The summed E-state index contributed by atoms with van der Waals surface area (Å²) in [6, 6.07) is 7.27. The third-order valence-electron chi connectivity index (χ3n) is 2.86. The van der Waals surface area contributed by atoms with Gasteiger partial charge in [-0.3, -0.25) is 0 Å². The van der Waals surface area contributed by atoms with Crippen LogP contribution in [0.4, 0.5) is 0 Å². The first-order chi connectivity index (χ1) is 7.58. The van der Waals surface area contributed by atoms with Crippen molar-refractivity contribution in [3.63, 3.8) is 0 Å². The van der Waals surface area contributed by atoms with Crippen molar-refractivity contribution < 1.29 is 0 Å². The maximum Gasteiger partial charge on any atom is 0.0349 e. The van der Waals surface area contributed by atoms with Crippen molar-refractivity contribution >= 4 is 21.4 Å². The van der Waals surface area contributed by atoms with Crippen LogP contribution in [0.2, 0.25) is 0 Å². The first-order valence-electron chi connectivity index (χ1n) is 5.80. The van der Waals surface area contributed by atoms with Crippen molar-refractivity contribution in [3.05, 3.63) is 34.2 Å². The van der Waals surface area contributed by atoms with Gasteiger partial charge in [-0.15, -0.1) is 11.3 Å². The molecule has 86 valence electrons. The number of nitrogens with one attached hydrogen (secondary N) is 1. The normalized spacial score (nSPS) is 11.6. The Bertz CT molecular complexity index is 497. The van der Waals surface area contributed by atoms with E-state index in [9.17, 15) is 0 Å². The second-order valence-electron chi connectivity index (χ2n) is 4.69. The zero-order chi connectivity index (χ0) is 11.7. The Balaban J connectivity index is 2.36. The van der Waals surface area contributed by atoms with Crippen molar-refractivity contribution in [2.24, 2.45) is 0 Å². The van der Waals surface area contributed by atoms with Gasteiger partial charge in [0.15, 0.2) is 0 Å². The molecule has 0 aliphatic rings. The Morgan fingerprint density at radius 2 is 2.00 bits per heavy atom. The minimum Gasteiger partial charge on any atom is -0.310 e. The highest BCUT2D eigenvalue weighted by Crippen LogP contribution is 2.31. The minimum atomic E-state index is 0.548. The third kappa shape index (κ3) is 2.28. The average Bonchev–Trinajstić information content (AvgIpc) is 2.53. The molecule has 0 saturated carbocycles. The lowest BCUT2D eigenvalue weighted by Gasteiger charge is -2.06. The van der Waals surface area contributed by atoms with E-state index in [1.807, 2.05) is 11.3 Å². The van der Waals surface area contributed by atoms with Gasteiger partial charge in [0, 0.05) is 22.2 Å². The Morgan fingerprint density at radius 1 is 1.25 bits per heavy atom. The molecule has 1 nitrogen and oxygen atoms in total. The van der Waals surface area contributed by atoms with Gasteiger partial charge in [-0.2, -0.15) is 0 Å². The van der Waals surface area contributed by atoms with Crippen LogP contribution in [-0.2, 0) is 6.54 Å². The number of benzene rings is 1. The fourth-order valence-corrected chi connectivity index (χ4v) is 2.99. The van der Waals surface area contributed by atoms with Crippen LogP contribution in [0, 0.1) is 13.8 Å². The molecule has 1 aromatic carbocycles. The van der Waals surface area contributed by atoms with E-state index in [0.717, 1.165) is 6.54 Å². The lowest BCUT2D eigenvalue weighted by atomic mass is 10.1. The van der Waals surface area contributed by atoms with Crippen LogP contribution in [0.25, 0.3) is 10.1 Å². The summed E-state index contributed by atoms with van der Waals surface area (Å²) in [5.41, 5.74) is 2.79. The van der Waals surface area contributed by atoms with Gasteiger partial charge in [-0.05, 0) is 30.9 Å². The van der Waals surface area contributed by atoms with Crippen LogP contribution in [0.5, 0.6) is 0 Å². The monoisotopic (exact) mass is 233 g/mol. The van der Waals surface area contributed by atoms with Crippen molar-refractivity contribution in [1.82, 2.24) is 5.32 Å². The summed E-state index contributed by atoms with van der Waals surface area (Å²) >= 11 is 1.91. The summed E-state index contributed by atoms with van der Waals surface area (Å²) in [6.45, 7) is 9.75. The van der Waals surface area contributed by atoms with E-state index in [1.54, 1.807) is 0 Å². The highest BCUT2D eigenvalue weighted by molar-refractivity contribution is 7.19. The van der Waals surface area contributed by atoms with E-state index in [0.29, 0.717) is 6.04 Å². The predicted molar refractivity (Wildman–Crippen MR) is 73.3 cm³/mol. The molecule has 0 bridgehead atoms. The van der Waals surface area contributed by atoms with E-state index in [2.05, 4.69) is 51.2 Å². The molecule has 1 heterocycles. The molecule has 0 aliphatic carbocycles. The van der Waals surface area contributed by atoms with E-state index in [4.69, 9.17) is 0 Å². The first-order valence-corrected chi connectivity index (χ1v) is 6.61. The summed E-state index contributed by atoms with van der Waals surface area (Å²) in [5, 5.41) is 4.91. The minimum absolute atomic E-state index is 0.548. The molecule has 1 aromatic heterocycles. The van der Waals surface area contributed by atoms with E-state index in [1.165, 1.54) is 26.1 Å². The summed E-state index contributed by atoms with van der Waals surface area (Å²) < 4.78 is 1.41. The number of aryl methyl sites for hydroxylation is 2. The number of thiophene rings is 1. The number of fused-ring (bicyclic) bond motifs is 1. The molecule has 0 unspecified atom stereocenters. The van der Waals surface area contributed by atoms with E-state index in [-0.39, 0.29) is 0 Å². The van der Waals surface area contributed by atoms with Crippen molar-refractivity contribution in [2.75, 3.05) is 0 Å². The molecule has 2 aromatic rings. The number of rotatable bonds is 3. The fraction of sp³-hybridized carbons (Fsp3) is 0.429. The second-order valence-corrected chi connectivity index (χ2v) is 5.82. The molecule has 0 atom stereocenters. The van der Waals surface area contributed by atoms with Crippen LogP contribution in [0.15, 0.2) is 18.2 Å². The topological polar surface area (TPSA) is 12.0 Å². The summed E-state index contributed by atoms with van der Waals surface area (Å²) in [4.78, 5) is 1.47. The van der Waals surface area contributed by atoms with Crippen molar-refractivity contribution in [2.45, 2.75) is 40.3 Å². The standard InChI is InChI=1S/C14H19NS/c1-9(2)15-8-14-11(4)12-7-10(3)5-6-13(12)16-14/h5-7,9,15H,8H2,1-4H3. The Labute approximate surface area is 101 Å². The average molecular weight is 233 g/mol. The molecule has 1 N–H and O–H groups in total. The molecule has 0 amide bonds. The molecule has 2 heteroatoms. The summed E-state index contributed by atoms with van der Waals surface area (Å²) in [7, 11) is 0. The van der Waals surface area contributed by atoms with Gasteiger partial charge in [0.05, 0.1) is 0 Å². The van der Waals surface area contributed by atoms with Gasteiger partial charge in [-0.1, -0.05) is 31.5 Å². The van der Waals surface area contributed by atoms with Gasteiger partial charge in [0.1, 0.15) is 0 Å². The number of hydrogen-bond donors (Lipinski definition) is 1. The summed E-state index contributed by atoms with van der Waals surface area (Å²) in [6.07, 6.45) is 0. The molecular formula is C14H19NS. The molecule has 0 fully saturated rings. The molecule has 2 rings (SSSR count). The van der Waals surface area contributed by atoms with Gasteiger partial charge in [0.2, 0.25) is 0 Å². The van der Waals surface area contributed by atoms with Crippen LogP contribution >= 0.6 is 11.3 Å². The summed E-state index contributed by atoms with van der Waals surface area (Å²) in [5.74, 6) is 0. The zero-order valence-corrected chi connectivity index (χ0v) is 11.2. The second kappa shape index (κ2) is 4.56.